The van der Waals surface area contributed by atoms with Crippen molar-refractivity contribution in [1.29, 1.82) is 0 Å². The lowest BCUT2D eigenvalue weighted by Crippen LogP contribution is -2.46. The van der Waals surface area contributed by atoms with E-state index in [1.54, 1.807) is 12.1 Å². The van der Waals surface area contributed by atoms with Crippen LogP contribution >= 0.6 is 23.2 Å². The minimum absolute atomic E-state index is 0.104. The van der Waals surface area contributed by atoms with Gasteiger partial charge in [0.15, 0.2) is 0 Å². The standard InChI is InChI=1S/C27H36Cl2FN5O4/c1-3-20-24(18-6-5-17(28)15-19(18)29)31-21(4-2)26(32-20)33-25-22(7-9-34-10-13-38-14-11-34)35(27(36)37)16-23(25)39-12-8-30/h5-6,15,22-23,25H,3-4,7-14,16H2,1-2H3,(H,32,33)(H,36,37)/t22?,23?,25-/m1/s1. The molecule has 2 aliphatic heterocycles. The molecule has 3 atom stereocenters. The molecule has 3 heterocycles. The second kappa shape index (κ2) is 13.9. The van der Waals surface area contributed by atoms with Crippen LogP contribution in [0.15, 0.2) is 18.2 Å². The predicted molar refractivity (Wildman–Crippen MR) is 150 cm³/mol. The number of carbonyl (C=O) groups is 1. The number of benzene rings is 1. The first-order chi connectivity index (χ1) is 18.9. The topological polar surface area (TPSA) is 100 Å². The number of nitrogens with zero attached hydrogens (tertiary/aromatic N) is 4. The van der Waals surface area contributed by atoms with Gasteiger partial charge in [-0.15, -0.1) is 0 Å². The molecule has 12 heteroatoms. The monoisotopic (exact) mass is 583 g/mol. The summed E-state index contributed by atoms with van der Waals surface area (Å²) in [5.74, 6) is 0.575. The number of aryl methyl sites for hydroxylation is 2. The van der Waals surface area contributed by atoms with Crippen LogP contribution in [0.4, 0.5) is 15.0 Å². The minimum Gasteiger partial charge on any atom is -0.465 e. The molecule has 0 bridgehead atoms. The average molecular weight is 585 g/mol. The number of hydrogen-bond donors (Lipinski definition) is 2. The minimum atomic E-state index is -1.02. The zero-order valence-corrected chi connectivity index (χ0v) is 23.8. The van der Waals surface area contributed by atoms with Crippen molar-refractivity contribution in [3.8, 4) is 11.3 Å². The first-order valence-electron chi connectivity index (χ1n) is 13.4. The Labute approximate surface area is 238 Å². The molecule has 0 saturated carbocycles. The number of amides is 1. The lowest BCUT2D eigenvalue weighted by Gasteiger charge is -2.32. The highest BCUT2D eigenvalue weighted by Crippen LogP contribution is 2.34. The molecule has 2 unspecified atom stereocenters. The Hall–Kier alpha value is -2.24. The van der Waals surface area contributed by atoms with E-state index in [-0.39, 0.29) is 13.2 Å². The number of aromatic nitrogens is 2. The largest absolute Gasteiger partial charge is 0.465 e. The van der Waals surface area contributed by atoms with E-state index in [4.69, 9.17) is 42.6 Å². The fourth-order valence-corrected chi connectivity index (χ4v) is 5.79. The van der Waals surface area contributed by atoms with Crippen molar-refractivity contribution in [3.63, 3.8) is 0 Å². The molecule has 4 rings (SSSR count). The second-order valence-corrected chi connectivity index (χ2v) is 10.5. The van der Waals surface area contributed by atoms with Crippen molar-refractivity contribution in [3.05, 3.63) is 39.6 Å². The van der Waals surface area contributed by atoms with E-state index >= 15 is 0 Å². The summed E-state index contributed by atoms with van der Waals surface area (Å²) in [5, 5.41) is 14.5. The molecule has 1 aromatic heterocycles. The Morgan fingerprint density at radius 3 is 2.59 bits per heavy atom. The summed E-state index contributed by atoms with van der Waals surface area (Å²) in [6, 6.07) is 4.47. The third kappa shape index (κ3) is 7.10. The molecule has 2 aliphatic rings. The van der Waals surface area contributed by atoms with Gasteiger partial charge in [-0.05, 0) is 37.5 Å². The first-order valence-corrected chi connectivity index (χ1v) is 14.2. The molecule has 0 radical (unpaired) electrons. The molecule has 1 amide bonds. The van der Waals surface area contributed by atoms with E-state index in [1.165, 1.54) is 4.90 Å². The van der Waals surface area contributed by atoms with Crippen molar-refractivity contribution in [2.75, 3.05) is 58.0 Å². The molecule has 2 fully saturated rings. The molecule has 2 aromatic rings. The van der Waals surface area contributed by atoms with E-state index in [2.05, 4.69) is 10.2 Å². The van der Waals surface area contributed by atoms with Crippen LogP contribution in [0.3, 0.4) is 0 Å². The van der Waals surface area contributed by atoms with Gasteiger partial charge in [-0.2, -0.15) is 0 Å². The molecular weight excluding hydrogens is 548 g/mol. The zero-order chi connectivity index (χ0) is 27.9. The second-order valence-electron chi connectivity index (χ2n) is 9.66. The van der Waals surface area contributed by atoms with E-state index in [0.717, 1.165) is 30.0 Å². The van der Waals surface area contributed by atoms with Gasteiger partial charge in [-0.1, -0.05) is 37.0 Å². The van der Waals surface area contributed by atoms with E-state index in [1.807, 2.05) is 19.9 Å². The van der Waals surface area contributed by atoms with E-state index in [9.17, 15) is 14.3 Å². The van der Waals surface area contributed by atoms with Crippen LogP contribution in [0, 0.1) is 0 Å². The molecule has 1 aromatic carbocycles. The zero-order valence-electron chi connectivity index (χ0n) is 22.3. The Kier molecular flexibility index (Phi) is 10.6. The number of likely N-dealkylation sites (tertiary alicyclic amines) is 1. The van der Waals surface area contributed by atoms with E-state index in [0.29, 0.717) is 60.6 Å². The molecule has 9 nitrogen and oxygen atoms in total. The number of morpholine rings is 1. The van der Waals surface area contributed by atoms with Crippen LogP contribution in [0.1, 0.15) is 31.7 Å². The van der Waals surface area contributed by atoms with Crippen LogP contribution < -0.4 is 5.32 Å². The highest BCUT2D eigenvalue weighted by molar-refractivity contribution is 6.36. The molecule has 39 heavy (non-hydrogen) atoms. The number of rotatable bonds is 11. The summed E-state index contributed by atoms with van der Waals surface area (Å²) in [6.07, 6.45) is 0.223. The Bertz CT molecular complexity index is 1140. The summed E-state index contributed by atoms with van der Waals surface area (Å²) >= 11 is 12.6. The fraction of sp³-hybridized carbons (Fsp3) is 0.593. The maximum atomic E-state index is 13.1. The molecule has 214 valence electrons. The third-order valence-corrected chi connectivity index (χ3v) is 7.84. The summed E-state index contributed by atoms with van der Waals surface area (Å²) in [7, 11) is 0. The summed E-state index contributed by atoms with van der Waals surface area (Å²) in [6.45, 7) is 7.03. The predicted octanol–water partition coefficient (Wildman–Crippen LogP) is 4.79. The first kappa shape index (κ1) is 29.7. The van der Waals surface area contributed by atoms with Gasteiger partial charge in [0.05, 0.1) is 66.7 Å². The number of nitrogens with one attached hydrogen (secondary N) is 1. The maximum Gasteiger partial charge on any atom is 0.407 e. The SMILES string of the molecule is CCc1nc(-c2ccc(Cl)cc2Cl)c(CC)nc1N[C@H]1C(OCCF)CN(C(=O)O)C1CCN1CCOCC1. The number of anilines is 1. The van der Waals surface area contributed by atoms with Gasteiger partial charge in [0.25, 0.3) is 0 Å². The van der Waals surface area contributed by atoms with Crippen LogP contribution in [0.2, 0.25) is 10.0 Å². The summed E-state index contributed by atoms with van der Waals surface area (Å²) in [5.41, 5.74) is 2.91. The summed E-state index contributed by atoms with van der Waals surface area (Å²) in [4.78, 5) is 25.8. The van der Waals surface area contributed by atoms with E-state index < -0.39 is 31.0 Å². The van der Waals surface area contributed by atoms with Crippen LogP contribution in [-0.4, -0.2) is 102 Å². The molecule has 0 spiro atoms. The maximum absolute atomic E-state index is 13.1. The third-order valence-electron chi connectivity index (χ3n) is 7.29. The van der Waals surface area contributed by atoms with Gasteiger partial charge < -0.3 is 24.8 Å². The normalized spacial score (nSPS) is 21.9. The molecule has 0 aliphatic carbocycles. The van der Waals surface area contributed by atoms with Crippen LogP contribution in [0.25, 0.3) is 11.3 Å². The quantitative estimate of drug-likeness (QED) is 0.389. The number of carboxylic acid groups (broad SMARTS) is 1. The van der Waals surface area contributed by atoms with Crippen molar-refractivity contribution < 1.29 is 23.8 Å². The van der Waals surface area contributed by atoms with Gasteiger partial charge in [0.1, 0.15) is 12.5 Å². The highest BCUT2D eigenvalue weighted by Gasteiger charge is 2.45. The van der Waals surface area contributed by atoms with Gasteiger partial charge in [-0.3, -0.25) is 4.90 Å². The number of ether oxygens (including phenoxy) is 2. The Morgan fingerprint density at radius 1 is 1.21 bits per heavy atom. The Morgan fingerprint density at radius 2 is 1.95 bits per heavy atom. The van der Waals surface area contributed by atoms with Gasteiger partial charge in [-0.25, -0.2) is 19.2 Å². The van der Waals surface area contributed by atoms with Crippen molar-refractivity contribution >= 4 is 35.1 Å². The summed E-state index contributed by atoms with van der Waals surface area (Å²) < 4.78 is 24.4. The van der Waals surface area contributed by atoms with Gasteiger partial charge in [0, 0.05) is 30.2 Å². The smallest absolute Gasteiger partial charge is 0.407 e. The van der Waals surface area contributed by atoms with Crippen LogP contribution in [-0.2, 0) is 22.3 Å². The van der Waals surface area contributed by atoms with Crippen molar-refractivity contribution in [2.24, 2.45) is 0 Å². The van der Waals surface area contributed by atoms with Gasteiger partial charge >= 0.3 is 6.09 Å². The highest BCUT2D eigenvalue weighted by atomic mass is 35.5. The fourth-order valence-electron chi connectivity index (χ4n) is 5.29. The lowest BCUT2D eigenvalue weighted by atomic mass is 10.0. The number of halogens is 3. The molecule has 2 N–H and O–H groups in total. The van der Waals surface area contributed by atoms with Crippen LogP contribution in [0.5, 0.6) is 0 Å². The average Bonchev–Trinajstić information content (AvgIpc) is 3.28. The number of hydrogen-bond acceptors (Lipinski definition) is 7. The van der Waals surface area contributed by atoms with Crippen molar-refractivity contribution in [2.45, 2.75) is 51.3 Å². The lowest BCUT2D eigenvalue weighted by molar-refractivity contribution is 0.0336. The molecule has 2 saturated heterocycles. The molecular formula is C27H36Cl2FN5O4. The van der Waals surface area contributed by atoms with Crippen molar-refractivity contribution in [1.82, 2.24) is 19.8 Å². The number of alkyl halides is 1. The Balaban J connectivity index is 1.67. The van der Waals surface area contributed by atoms with Gasteiger partial charge in [0.2, 0.25) is 0 Å².